The molecule has 0 rings (SSSR count). The van der Waals surface area contributed by atoms with Gasteiger partial charge in [-0.25, -0.2) is 0 Å². The molecule has 0 unspecified atom stereocenters. The monoisotopic (exact) mass is 891 g/mol. The number of hydrogen-bond donors (Lipinski definition) is 0. The molecule has 0 aliphatic rings. The van der Waals surface area contributed by atoms with Crippen LogP contribution in [0.1, 0.15) is 317 Å². The van der Waals surface area contributed by atoms with E-state index >= 15 is 0 Å². The first-order chi connectivity index (χ1) is 30.7. The third kappa shape index (κ3) is 51.3. The van der Waals surface area contributed by atoms with Crippen LogP contribution in [0.25, 0.3) is 0 Å². The van der Waals surface area contributed by atoms with Gasteiger partial charge in [0, 0.05) is 19.3 Å². The summed E-state index contributed by atoms with van der Waals surface area (Å²) < 4.78 is 16.8. The first-order valence-electron chi connectivity index (χ1n) is 28.2. The fourth-order valence-corrected chi connectivity index (χ4v) is 8.70. The Bertz CT molecular complexity index is 962. The van der Waals surface area contributed by atoms with Crippen LogP contribution in [0.4, 0.5) is 0 Å². The fourth-order valence-electron chi connectivity index (χ4n) is 8.70. The van der Waals surface area contributed by atoms with Gasteiger partial charge in [0.15, 0.2) is 6.10 Å². The number of carbonyl (C=O) groups is 3. The van der Waals surface area contributed by atoms with Crippen LogP contribution >= 0.6 is 0 Å². The summed E-state index contributed by atoms with van der Waals surface area (Å²) in [6, 6.07) is 0. The molecular formula is C57H110O6. The van der Waals surface area contributed by atoms with Gasteiger partial charge in [-0.2, -0.15) is 0 Å². The topological polar surface area (TPSA) is 78.9 Å². The molecule has 0 saturated heterocycles. The van der Waals surface area contributed by atoms with Crippen molar-refractivity contribution in [2.75, 3.05) is 13.2 Å². The standard InChI is InChI=1S/C57H110O6/c1-6-7-8-9-10-25-32-37-42-47-55(58)61-50-54(63-57(60)49-44-39-34-29-24-20-16-15-18-22-27-31-36-41-46-53(4)5)51-62-56(59)48-43-38-33-28-23-19-14-12-11-13-17-21-26-30-35-40-45-52(2)3/h52-54H,6-51H2,1-5H3/t54-/m1/s1. The van der Waals surface area contributed by atoms with Crippen molar-refractivity contribution in [1.29, 1.82) is 0 Å². The predicted octanol–water partition coefficient (Wildman–Crippen LogP) is 18.5. The molecule has 63 heavy (non-hydrogen) atoms. The van der Waals surface area contributed by atoms with E-state index in [2.05, 4.69) is 34.6 Å². The Balaban J connectivity index is 4.21. The lowest BCUT2D eigenvalue weighted by Crippen LogP contribution is -2.30. The van der Waals surface area contributed by atoms with Crippen LogP contribution in [-0.4, -0.2) is 37.2 Å². The molecule has 0 heterocycles. The van der Waals surface area contributed by atoms with Crippen molar-refractivity contribution in [2.45, 2.75) is 323 Å². The lowest BCUT2D eigenvalue weighted by molar-refractivity contribution is -0.167. The lowest BCUT2D eigenvalue weighted by atomic mass is 10.0. The summed E-state index contributed by atoms with van der Waals surface area (Å²) in [5.41, 5.74) is 0. The van der Waals surface area contributed by atoms with Gasteiger partial charge < -0.3 is 14.2 Å². The van der Waals surface area contributed by atoms with Crippen LogP contribution in [0.15, 0.2) is 0 Å². The van der Waals surface area contributed by atoms with Gasteiger partial charge in [0.2, 0.25) is 0 Å². The highest BCUT2D eigenvalue weighted by molar-refractivity contribution is 5.71. The van der Waals surface area contributed by atoms with Crippen LogP contribution in [0.5, 0.6) is 0 Å². The number of ether oxygens (including phenoxy) is 3. The van der Waals surface area contributed by atoms with Crippen molar-refractivity contribution in [1.82, 2.24) is 0 Å². The third-order valence-electron chi connectivity index (χ3n) is 13.0. The van der Waals surface area contributed by atoms with Crippen molar-refractivity contribution in [3.05, 3.63) is 0 Å². The van der Waals surface area contributed by atoms with Gasteiger partial charge in [-0.3, -0.25) is 14.4 Å². The highest BCUT2D eigenvalue weighted by atomic mass is 16.6. The normalized spacial score (nSPS) is 12.0. The van der Waals surface area contributed by atoms with Crippen LogP contribution in [0.3, 0.4) is 0 Å². The Morgan fingerprint density at radius 2 is 0.524 bits per heavy atom. The molecule has 0 aromatic rings. The van der Waals surface area contributed by atoms with Crippen molar-refractivity contribution >= 4 is 17.9 Å². The second-order valence-electron chi connectivity index (χ2n) is 20.5. The number of unbranched alkanes of at least 4 members (excludes halogenated alkanes) is 36. The van der Waals surface area contributed by atoms with Crippen molar-refractivity contribution < 1.29 is 28.6 Å². The minimum Gasteiger partial charge on any atom is -0.462 e. The van der Waals surface area contributed by atoms with E-state index in [0.717, 1.165) is 69.6 Å². The van der Waals surface area contributed by atoms with Crippen LogP contribution in [0.2, 0.25) is 0 Å². The molecular weight excluding hydrogens is 781 g/mol. The molecule has 1 atom stereocenters. The molecule has 0 aliphatic carbocycles. The quantitative estimate of drug-likeness (QED) is 0.0344. The minimum atomic E-state index is -0.761. The van der Waals surface area contributed by atoms with Crippen LogP contribution in [-0.2, 0) is 28.6 Å². The highest BCUT2D eigenvalue weighted by Gasteiger charge is 2.19. The SMILES string of the molecule is CCCCCCCCCCCC(=O)OC[C@H](COC(=O)CCCCCCCCCCCCCCCCCCC(C)C)OC(=O)CCCCCCCCCCCCCCCCC(C)C. The van der Waals surface area contributed by atoms with Crippen molar-refractivity contribution in [2.24, 2.45) is 11.8 Å². The van der Waals surface area contributed by atoms with Gasteiger partial charge in [-0.1, -0.05) is 279 Å². The molecule has 0 radical (unpaired) electrons. The maximum atomic E-state index is 12.8. The average Bonchev–Trinajstić information content (AvgIpc) is 3.25. The summed E-state index contributed by atoms with van der Waals surface area (Å²) in [6.45, 7) is 11.4. The molecule has 0 aliphatic heterocycles. The third-order valence-corrected chi connectivity index (χ3v) is 13.0. The molecule has 6 nitrogen and oxygen atoms in total. The van der Waals surface area contributed by atoms with Crippen LogP contribution < -0.4 is 0 Å². The van der Waals surface area contributed by atoms with E-state index in [0.29, 0.717) is 19.3 Å². The van der Waals surface area contributed by atoms with Gasteiger partial charge >= 0.3 is 17.9 Å². The highest BCUT2D eigenvalue weighted by Crippen LogP contribution is 2.18. The average molecular weight is 892 g/mol. The predicted molar refractivity (Wildman–Crippen MR) is 270 cm³/mol. The second-order valence-corrected chi connectivity index (χ2v) is 20.5. The number of hydrogen-bond acceptors (Lipinski definition) is 6. The maximum absolute atomic E-state index is 12.8. The minimum absolute atomic E-state index is 0.0629. The smallest absolute Gasteiger partial charge is 0.306 e. The molecule has 0 amide bonds. The molecule has 0 aromatic heterocycles. The second kappa shape index (κ2) is 49.8. The molecule has 0 saturated carbocycles. The van der Waals surface area contributed by atoms with Gasteiger partial charge in [0.05, 0.1) is 0 Å². The van der Waals surface area contributed by atoms with E-state index in [4.69, 9.17) is 14.2 Å². The first kappa shape index (κ1) is 61.4. The number of carbonyl (C=O) groups excluding carboxylic acids is 3. The largest absolute Gasteiger partial charge is 0.462 e. The fraction of sp³-hybridized carbons (Fsp3) is 0.947. The van der Waals surface area contributed by atoms with E-state index in [1.807, 2.05) is 0 Å². The zero-order valence-electron chi connectivity index (χ0n) is 43.2. The van der Waals surface area contributed by atoms with Gasteiger partial charge in [-0.15, -0.1) is 0 Å². The van der Waals surface area contributed by atoms with Gasteiger partial charge in [-0.05, 0) is 31.1 Å². The Morgan fingerprint density at radius 1 is 0.302 bits per heavy atom. The van der Waals surface area contributed by atoms with Crippen LogP contribution in [0, 0.1) is 11.8 Å². The van der Waals surface area contributed by atoms with E-state index in [-0.39, 0.29) is 31.1 Å². The summed E-state index contributed by atoms with van der Waals surface area (Å²) >= 11 is 0. The van der Waals surface area contributed by atoms with Crippen molar-refractivity contribution in [3.63, 3.8) is 0 Å². The summed E-state index contributed by atoms with van der Waals surface area (Å²) in [4.78, 5) is 38.0. The Hall–Kier alpha value is -1.59. The molecule has 0 bridgehead atoms. The van der Waals surface area contributed by atoms with Crippen molar-refractivity contribution in [3.8, 4) is 0 Å². The van der Waals surface area contributed by atoms with E-state index in [9.17, 15) is 14.4 Å². The zero-order valence-corrected chi connectivity index (χ0v) is 43.2. The molecule has 0 aromatic carbocycles. The van der Waals surface area contributed by atoms with E-state index < -0.39 is 6.10 Å². The number of rotatable bonds is 51. The van der Waals surface area contributed by atoms with Gasteiger partial charge in [0.25, 0.3) is 0 Å². The molecule has 0 spiro atoms. The van der Waals surface area contributed by atoms with E-state index in [1.54, 1.807) is 0 Å². The Labute approximate surface area is 393 Å². The van der Waals surface area contributed by atoms with E-state index in [1.165, 1.54) is 205 Å². The maximum Gasteiger partial charge on any atom is 0.306 e. The first-order valence-corrected chi connectivity index (χ1v) is 28.2. The molecule has 0 fully saturated rings. The Morgan fingerprint density at radius 3 is 0.778 bits per heavy atom. The summed E-state index contributed by atoms with van der Waals surface area (Å²) in [7, 11) is 0. The number of esters is 3. The molecule has 0 N–H and O–H groups in total. The molecule has 6 heteroatoms. The van der Waals surface area contributed by atoms with Gasteiger partial charge in [0.1, 0.15) is 13.2 Å². The summed E-state index contributed by atoms with van der Waals surface area (Å²) in [5, 5.41) is 0. The zero-order chi connectivity index (χ0) is 46.1. The molecule has 374 valence electrons. The Kier molecular flexibility index (Phi) is 48.6. The lowest BCUT2D eigenvalue weighted by Gasteiger charge is -2.18. The summed E-state index contributed by atoms with van der Waals surface area (Å²) in [5.74, 6) is 0.853. The summed E-state index contributed by atoms with van der Waals surface area (Å²) in [6.07, 6.45) is 52.4.